The number of rotatable bonds is 2. The summed E-state index contributed by atoms with van der Waals surface area (Å²) in [6, 6.07) is 9.75. The van der Waals surface area contributed by atoms with Crippen molar-refractivity contribution in [2.45, 2.75) is 13.0 Å². The Morgan fingerprint density at radius 3 is 3.06 bits per heavy atom. The summed E-state index contributed by atoms with van der Waals surface area (Å²) in [5.41, 5.74) is 2.09. The summed E-state index contributed by atoms with van der Waals surface area (Å²) < 4.78 is 5.34. The Morgan fingerprint density at radius 2 is 2.22 bits per heavy atom. The first-order valence-corrected chi connectivity index (χ1v) is 6.26. The molecule has 2 heterocycles. The Hall–Kier alpha value is -1.97. The lowest BCUT2D eigenvalue weighted by molar-refractivity contribution is 0.111. The fourth-order valence-corrected chi connectivity index (χ4v) is 2.48. The second kappa shape index (κ2) is 4.72. The SMILES string of the molecule is O=C(OCc1ccccc1)N1CCC2CNC=C21. The third kappa shape index (κ3) is 2.06. The van der Waals surface area contributed by atoms with E-state index in [1.807, 2.05) is 36.5 Å². The minimum atomic E-state index is -0.240. The monoisotopic (exact) mass is 244 g/mol. The van der Waals surface area contributed by atoms with Crippen LogP contribution in [0.2, 0.25) is 0 Å². The molecule has 0 radical (unpaired) electrons. The summed E-state index contributed by atoms with van der Waals surface area (Å²) in [6.45, 7) is 2.05. The second-order valence-electron chi connectivity index (χ2n) is 4.65. The molecule has 1 saturated heterocycles. The van der Waals surface area contributed by atoms with Crippen LogP contribution in [0.5, 0.6) is 0 Å². The summed E-state index contributed by atoms with van der Waals surface area (Å²) >= 11 is 0. The zero-order valence-corrected chi connectivity index (χ0v) is 10.1. The lowest BCUT2D eigenvalue weighted by atomic mass is 10.1. The normalized spacial score (nSPS) is 21.2. The second-order valence-corrected chi connectivity index (χ2v) is 4.65. The molecule has 1 amide bonds. The lowest BCUT2D eigenvalue weighted by Crippen LogP contribution is -2.27. The Balaban J connectivity index is 1.59. The van der Waals surface area contributed by atoms with E-state index in [4.69, 9.17) is 4.74 Å². The van der Waals surface area contributed by atoms with Crippen molar-refractivity contribution in [2.75, 3.05) is 13.1 Å². The average molecular weight is 244 g/mol. The number of carbonyl (C=O) groups excluding carboxylic acids is 1. The molecule has 1 atom stereocenters. The molecule has 4 nitrogen and oxygen atoms in total. The third-order valence-electron chi connectivity index (χ3n) is 3.47. The van der Waals surface area contributed by atoms with E-state index in [0.717, 1.165) is 30.8 Å². The van der Waals surface area contributed by atoms with Gasteiger partial charge in [0.05, 0.1) is 0 Å². The number of likely N-dealkylation sites (tertiary alicyclic amines) is 1. The molecule has 1 unspecified atom stereocenters. The molecule has 1 fully saturated rings. The first-order chi connectivity index (χ1) is 8.84. The van der Waals surface area contributed by atoms with Crippen LogP contribution in [-0.2, 0) is 11.3 Å². The van der Waals surface area contributed by atoms with Gasteiger partial charge in [-0.3, -0.25) is 4.90 Å². The minimum absolute atomic E-state index is 0.240. The van der Waals surface area contributed by atoms with Crippen molar-refractivity contribution in [1.82, 2.24) is 10.2 Å². The van der Waals surface area contributed by atoms with Crippen molar-refractivity contribution in [3.8, 4) is 0 Å². The largest absolute Gasteiger partial charge is 0.444 e. The number of amides is 1. The number of benzene rings is 1. The van der Waals surface area contributed by atoms with Gasteiger partial charge in [0.25, 0.3) is 0 Å². The number of nitrogens with zero attached hydrogens (tertiary/aromatic N) is 1. The van der Waals surface area contributed by atoms with E-state index in [-0.39, 0.29) is 6.09 Å². The summed E-state index contributed by atoms with van der Waals surface area (Å²) in [7, 11) is 0. The van der Waals surface area contributed by atoms with Crippen LogP contribution in [0.25, 0.3) is 0 Å². The highest BCUT2D eigenvalue weighted by atomic mass is 16.6. The van der Waals surface area contributed by atoms with Crippen LogP contribution in [0.15, 0.2) is 42.2 Å². The molecule has 94 valence electrons. The number of nitrogens with one attached hydrogen (secondary N) is 1. The van der Waals surface area contributed by atoms with E-state index in [2.05, 4.69) is 5.32 Å². The first-order valence-electron chi connectivity index (χ1n) is 6.26. The van der Waals surface area contributed by atoms with Crippen LogP contribution in [0, 0.1) is 5.92 Å². The van der Waals surface area contributed by atoms with Crippen molar-refractivity contribution in [3.63, 3.8) is 0 Å². The highest BCUT2D eigenvalue weighted by Crippen LogP contribution is 2.30. The number of ether oxygens (including phenoxy) is 1. The van der Waals surface area contributed by atoms with Gasteiger partial charge in [-0.25, -0.2) is 4.79 Å². The molecule has 3 rings (SSSR count). The highest BCUT2D eigenvalue weighted by Gasteiger charge is 2.35. The first kappa shape index (κ1) is 11.1. The molecule has 0 aliphatic carbocycles. The molecule has 0 aromatic heterocycles. The molecule has 0 spiro atoms. The van der Waals surface area contributed by atoms with Crippen molar-refractivity contribution in [2.24, 2.45) is 5.92 Å². The van der Waals surface area contributed by atoms with Gasteiger partial charge in [0, 0.05) is 30.9 Å². The van der Waals surface area contributed by atoms with Gasteiger partial charge in [0.2, 0.25) is 0 Å². The maximum Gasteiger partial charge on any atom is 0.414 e. The van der Waals surface area contributed by atoms with Crippen LogP contribution in [-0.4, -0.2) is 24.1 Å². The van der Waals surface area contributed by atoms with Gasteiger partial charge in [-0.05, 0) is 12.0 Å². The Morgan fingerprint density at radius 1 is 1.39 bits per heavy atom. The van der Waals surface area contributed by atoms with Crippen LogP contribution < -0.4 is 5.32 Å². The number of carbonyl (C=O) groups is 1. The Kier molecular flexibility index (Phi) is 2.92. The number of fused-ring (bicyclic) bond motifs is 1. The lowest BCUT2D eigenvalue weighted by Gasteiger charge is -2.17. The zero-order valence-electron chi connectivity index (χ0n) is 10.1. The van der Waals surface area contributed by atoms with E-state index in [9.17, 15) is 4.79 Å². The van der Waals surface area contributed by atoms with E-state index < -0.39 is 0 Å². The maximum atomic E-state index is 12.0. The fraction of sp³-hybridized carbons (Fsp3) is 0.357. The van der Waals surface area contributed by atoms with Gasteiger partial charge in [0.1, 0.15) is 6.61 Å². The average Bonchev–Trinajstić information content (AvgIpc) is 2.99. The van der Waals surface area contributed by atoms with Crippen LogP contribution in [0.4, 0.5) is 4.79 Å². The zero-order chi connectivity index (χ0) is 12.4. The minimum Gasteiger partial charge on any atom is -0.444 e. The van der Waals surface area contributed by atoms with Gasteiger partial charge in [-0.2, -0.15) is 0 Å². The van der Waals surface area contributed by atoms with Crippen molar-refractivity contribution >= 4 is 6.09 Å². The molecule has 1 N–H and O–H groups in total. The molecule has 1 aromatic rings. The summed E-state index contributed by atoms with van der Waals surface area (Å²) in [6.07, 6.45) is 2.72. The topological polar surface area (TPSA) is 41.6 Å². The molecular formula is C14H16N2O2. The van der Waals surface area contributed by atoms with E-state index >= 15 is 0 Å². The van der Waals surface area contributed by atoms with Gasteiger partial charge in [-0.15, -0.1) is 0 Å². The predicted octanol–water partition coefficient (Wildman–Crippen LogP) is 2.09. The smallest absolute Gasteiger partial charge is 0.414 e. The van der Waals surface area contributed by atoms with Crippen LogP contribution >= 0.6 is 0 Å². The van der Waals surface area contributed by atoms with E-state index in [0.29, 0.717) is 12.5 Å². The van der Waals surface area contributed by atoms with Crippen molar-refractivity contribution in [1.29, 1.82) is 0 Å². The van der Waals surface area contributed by atoms with Gasteiger partial charge >= 0.3 is 6.09 Å². The molecule has 4 heteroatoms. The molecule has 0 bridgehead atoms. The summed E-state index contributed by atoms with van der Waals surface area (Å²) in [5, 5.41) is 3.17. The molecular weight excluding hydrogens is 228 g/mol. The van der Waals surface area contributed by atoms with Crippen LogP contribution in [0.3, 0.4) is 0 Å². The molecule has 1 aromatic carbocycles. The van der Waals surface area contributed by atoms with Gasteiger partial charge < -0.3 is 10.1 Å². The van der Waals surface area contributed by atoms with E-state index in [1.54, 1.807) is 4.90 Å². The Bertz CT molecular complexity index is 470. The number of hydrogen-bond donors (Lipinski definition) is 1. The standard InChI is InChI=1S/C14H16N2O2/c17-14(18-10-11-4-2-1-3-5-11)16-7-6-12-8-15-9-13(12)16/h1-5,9,12,15H,6-8,10H2. The Labute approximate surface area is 106 Å². The predicted molar refractivity (Wildman–Crippen MR) is 67.5 cm³/mol. The molecule has 2 aliphatic rings. The fourth-order valence-electron chi connectivity index (χ4n) is 2.48. The summed E-state index contributed by atoms with van der Waals surface area (Å²) in [4.78, 5) is 13.7. The highest BCUT2D eigenvalue weighted by molar-refractivity contribution is 5.71. The number of hydrogen-bond acceptors (Lipinski definition) is 3. The van der Waals surface area contributed by atoms with Crippen LogP contribution in [0.1, 0.15) is 12.0 Å². The van der Waals surface area contributed by atoms with Crippen molar-refractivity contribution in [3.05, 3.63) is 47.8 Å². The molecule has 0 saturated carbocycles. The summed E-state index contributed by atoms with van der Waals surface area (Å²) in [5.74, 6) is 0.481. The third-order valence-corrected chi connectivity index (χ3v) is 3.47. The van der Waals surface area contributed by atoms with Crippen molar-refractivity contribution < 1.29 is 9.53 Å². The van der Waals surface area contributed by atoms with Gasteiger partial charge in [-0.1, -0.05) is 30.3 Å². The maximum absolute atomic E-state index is 12.0. The molecule has 18 heavy (non-hydrogen) atoms. The quantitative estimate of drug-likeness (QED) is 0.866. The van der Waals surface area contributed by atoms with E-state index in [1.165, 1.54) is 0 Å². The van der Waals surface area contributed by atoms with Gasteiger partial charge in [0.15, 0.2) is 0 Å². The molecule has 2 aliphatic heterocycles.